The summed E-state index contributed by atoms with van der Waals surface area (Å²) in [4.78, 5) is 11.0. The molecule has 1 aromatic rings. The molecule has 0 aliphatic carbocycles. The normalized spacial score (nSPS) is 8.64. The lowest BCUT2D eigenvalue weighted by molar-refractivity contribution is 0.101. The van der Waals surface area contributed by atoms with Gasteiger partial charge in [0.25, 0.3) is 0 Å². The van der Waals surface area contributed by atoms with E-state index in [1.165, 1.54) is 6.92 Å². The van der Waals surface area contributed by atoms with Crippen LogP contribution in [0.3, 0.4) is 0 Å². The molecule has 0 saturated heterocycles. The second-order valence-corrected chi connectivity index (χ2v) is 2.72. The predicted octanol–water partition coefficient (Wildman–Crippen LogP) is 3.02. The smallest absolute Gasteiger partial charge is 0.161 e. The van der Waals surface area contributed by atoms with Gasteiger partial charge in [0.2, 0.25) is 0 Å². The first-order chi connectivity index (χ1) is 6.65. The summed E-state index contributed by atoms with van der Waals surface area (Å²) in [7, 11) is 0. The first-order valence-corrected chi connectivity index (χ1v) is 4.67. The van der Waals surface area contributed by atoms with Gasteiger partial charge in [-0.05, 0) is 31.5 Å². The van der Waals surface area contributed by atoms with Gasteiger partial charge in [-0.15, -0.1) is 0 Å². The Morgan fingerprint density at radius 3 is 2.36 bits per heavy atom. The van der Waals surface area contributed by atoms with Gasteiger partial charge in [0.1, 0.15) is 0 Å². The van der Waals surface area contributed by atoms with Crippen molar-refractivity contribution >= 4 is 11.5 Å². The quantitative estimate of drug-likeness (QED) is 0.563. The van der Waals surface area contributed by atoms with E-state index in [1.807, 2.05) is 32.3 Å². The molecule has 3 heteroatoms. The standard InChI is InChI=1S/C9H11NO2.C2H6/c1-6-3-4-8(7(2)11)9(5-6)10-12;1-2/h3-5,10,12H,1-2H3;1-2H3. The van der Waals surface area contributed by atoms with Gasteiger partial charge in [0.05, 0.1) is 5.69 Å². The largest absolute Gasteiger partial charge is 0.294 e. The van der Waals surface area contributed by atoms with E-state index >= 15 is 0 Å². The van der Waals surface area contributed by atoms with Crippen LogP contribution in [0.4, 0.5) is 5.69 Å². The molecule has 0 amide bonds. The van der Waals surface area contributed by atoms with Crippen LogP contribution in [-0.2, 0) is 0 Å². The van der Waals surface area contributed by atoms with E-state index in [9.17, 15) is 4.79 Å². The third-order valence-electron chi connectivity index (χ3n) is 1.67. The number of nitrogens with one attached hydrogen (secondary N) is 1. The molecule has 3 nitrogen and oxygen atoms in total. The third-order valence-corrected chi connectivity index (χ3v) is 1.67. The summed E-state index contributed by atoms with van der Waals surface area (Å²) in [6.45, 7) is 7.36. The molecule has 0 aliphatic rings. The summed E-state index contributed by atoms with van der Waals surface area (Å²) in [5.74, 6) is -0.0634. The van der Waals surface area contributed by atoms with E-state index in [-0.39, 0.29) is 5.78 Å². The maximum atomic E-state index is 11.0. The van der Waals surface area contributed by atoms with Gasteiger partial charge in [-0.2, -0.15) is 0 Å². The first-order valence-electron chi connectivity index (χ1n) is 4.67. The molecule has 14 heavy (non-hydrogen) atoms. The molecule has 0 radical (unpaired) electrons. The summed E-state index contributed by atoms with van der Waals surface area (Å²) >= 11 is 0. The van der Waals surface area contributed by atoms with Crippen LogP contribution in [0, 0.1) is 6.92 Å². The highest BCUT2D eigenvalue weighted by atomic mass is 16.5. The lowest BCUT2D eigenvalue weighted by atomic mass is 10.1. The molecule has 0 spiro atoms. The Balaban J connectivity index is 0.000000791. The molecule has 0 atom stereocenters. The summed E-state index contributed by atoms with van der Waals surface area (Å²) in [5, 5.41) is 8.69. The van der Waals surface area contributed by atoms with Crippen LogP contribution in [0.15, 0.2) is 18.2 Å². The highest BCUT2D eigenvalue weighted by Gasteiger charge is 2.05. The van der Waals surface area contributed by atoms with Gasteiger partial charge in [0.15, 0.2) is 5.78 Å². The van der Waals surface area contributed by atoms with E-state index in [2.05, 4.69) is 0 Å². The van der Waals surface area contributed by atoms with E-state index in [0.717, 1.165) is 5.56 Å². The number of rotatable bonds is 2. The minimum Gasteiger partial charge on any atom is -0.294 e. The molecule has 2 N–H and O–H groups in total. The van der Waals surface area contributed by atoms with Crippen LogP contribution >= 0.6 is 0 Å². The Morgan fingerprint density at radius 1 is 1.36 bits per heavy atom. The van der Waals surface area contributed by atoms with Crippen molar-refractivity contribution in [3.8, 4) is 0 Å². The number of carbonyl (C=O) groups is 1. The minimum absolute atomic E-state index is 0.0634. The number of ketones is 1. The van der Waals surface area contributed by atoms with Crippen molar-refractivity contribution in [1.29, 1.82) is 0 Å². The molecule has 0 heterocycles. The Labute approximate surface area is 84.7 Å². The van der Waals surface area contributed by atoms with Gasteiger partial charge < -0.3 is 0 Å². The zero-order chi connectivity index (χ0) is 11.1. The number of hydrogen-bond acceptors (Lipinski definition) is 3. The Hall–Kier alpha value is -1.35. The van der Waals surface area contributed by atoms with Gasteiger partial charge >= 0.3 is 0 Å². The van der Waals surface area contributed by atoms with Crippen LogP contribution in [0.1, 0.15) is 36.7 Å². The van der Waals surface area contributed by atoms with Crippen LogP contribution < -0.4 is 5.48 Å². The Morgan fingerprint density at radius 2 is 1.93 bits per heavy atom. The number of Topliss-reactive ketones (excluding diaryl/α,β-unsaturated/α-hetero) is 1. The summed E-state index contributed by atoms with van der Waals surface area (Å²) < 4.78 is 0. The molecule has 78 valence electrons. The van der Waals surface area contributed by atoms with Crippen LogP contribution in [0.5, 0.6) is 0 Å². The highest BCUT2D eigenvalue weighted by molar-refractivity contribution is 5.99. The predicted molar refractivity (Wildman–Crippen MR) is 57.9 cm³/mol. The zero-order valence-corrected chi connectivity index (χ0v) is 9.09. The Kier molecular flexibility index (Phi) is 5.56. The van der Waals surface area contributed by atoms with Crippen molar-refractivity contribution in [1.82, 2.24) is 0 Å². The number of anilines is 1. The molecule has 1 rings (SSSR count). The fourth-order valence-corrected chi connectivity index (χ4v) is 1.06. The van der Waals surface area contributed by atoms with E-state index in [0.29, 0.717) is 11.3 Å². The summed E-state index contributed by atoms with van der Waals surface area (Å²) in [6, 6.07) is 5.24. The molecule has 0 aromatic heterocycles. The lowest BCUT2D eigenvalue weighted by Gasteiger charge is -2.05. The molecular formula is C11H17NO2. The topological polar surface area (TPSA) is 49.3 Å². The maximum absolute atomic E-state index is 11.0. The van der Waals surface area contributed by atoms with Crippen molar-refractivity contribution in [3.05, 3.63) is 29.3 Å². The zero-order valence-electron chi connectivity index (χ0n) is 9.09. The number of benzene rings is 1. The summed E-state index contributed by atoms with van der Waals surface area (Å²) in [6.07, 6.45) is 0. The second kappa shape index (κ2) is 6.16. The fourth-order valence-electron chi connectivity index (χ4n) is 1.06. The molecule has 1 aromatic carbocycles. The SMILES string of the molecule is CC.CC(=O)c1ccc(C)cc1NO. The highest BCUT2D eigenvalue weighted by Crippen LogP contribution is 2.16. The molecule has 0 fully saturated rings. The van der Waals surface area contributed by atoms with Gasteiger partial charge in [-0.1, -0.05) is 19.9 Å². The minimum atomic E-state index is -0.0634. The van der Waals surface area contributed by atoms with Crippen molar-refractivity contribution in [3.63, 3.8) is 0 Å². The fraction of sp³-hybridized carbons (Fsp3) is 0.364. The van der Waals surface area contributed by atoms with Gasteiger partial charge in [0, 0.05) is 5.56 Å². The van der Waals surface area contributed by atoms with Crippen molar-refractivity contribution in [2.45, 2.75) is 27.7 Å². The third kappa shape index (κ3) is 3.18. The molecule has 0 aliphatic heterocycles. The average Bonchev–Trinajstić information content (AvgIpc) is 2.20. The Bertz CT molecular complexity index is 308. The lowest BCUT2D eigenvalue weighted by Crippen LogP contribution is -2.00. The van der Waals surface area contributed by atoms with E-state index in [4.69, 9.17) is 5.21 Å². The van der Waals surface area contributed by atoms with Crippen molar-refractivity contribution in [2.24, 2.45) is 0 Å². The van der Waals surface area contributed by atoms with Crippen LogP contribution in [-0.4, -0.2) is 11.0 Å². The molecule has 0 bridgehead atoms. The van der Waals surface area contributed by atoms with Crippen molar-refractivity contribution < 1.29 is 10.0 Å². The van der Waals surface area contributed by atoms with Crippen molar-refractivity contribution in [2.75, 3.05) is 5.48 Å². The monoisotopic (exact) mass is 195 g/mol. The summed E-state index contributed by atoms with van der Waals surface area (Å²) in [5.41, 5.74) is 3.96. The molecule has 0 unspecified atom stereocenters. The van der Waals surface area contributed by atoms with E-state index in [1.54, 1.807) is 12.1 Å². The van der Waals surface area contributed by atoms with Crippen LogP contribution in [0.25, 0.3) is 0 Å². The number of hydrogen-bond donors (Lipinski definition) is 2. The molecular weight excluding hydrogens is 178 g/mol. The van der Waals surface area contributed by atoms with E-state index < -0.39 is 0 Å². The first kappa shape index (κ1) is 12.7. The number of aryl methyl sites for hydroxylation is 1. The average molecular weight is 195 g/mol. The number of carbonyl (C=O) groups excluding carboxylic acids is 1. The maximum Gasteiger partial charge on any atom is 0.161 e. The second-order valence-electron chi connectivity index (χ2n) is 2.72. The van der Waals surface area contributed by atoms with Gasteiger partial charge in [-0.3, -0.25) is 15.5 Å². The van der Waals surface area contributed by atoms with Gasteiger partial charge in [-0.25, -0.2) is 0 Å². The molecule has 0 saturated carbocycles. The van der Waals surface area contributed by atoms with Crippen LogP contribution in [0.2, 0.25) is 0 Å².